The van der Waals surface area contributed by atoms with E-state index >= 15 is 0 Å². The number of methoxy groups -OCH3 is 1. The molecule has 0 amide bonds. The summed E-state index contributed by atoms with van der Waals surface area (Å²) in [6.45, 7) is 7.21. The second-order valence-corrected chi connectivity index (χ2v) is 2.77. The molecular formula is C10H24O4. The van der Waals surface area contributed by atoms with Crippen LogP contribution in [0.5, 0.6) is 0 Å². The molecule has 0 aliphatic rings. The van der Waals surface area contributed by atoms with Crippen LogP contribution in [0.1, 0.15) is 34.1 Å². The van der Waals surface area contributed by atoms with Gasteiger partial charge in [0.15, 0.2) is 0 Å². The minimum absolute atomic E-state index is 0.0926. The quantitative estimate of drug-likeness (QED) is 0.700. The van der Waals surface area contributed by atoms with E-state index in [9.17, 15) is 4.79 Å². The summed E-state index contributed by atoms with van der Waals surface area (Å²) in [4.78, 5) is 10.0. The summed E-state index contributed by atoms with van der Waals surface area (Å²) in [7, 11) is 3.25. The van der Waals surface area contributed by atoms with Crippen LogP contribution < -0.4 is 0 Å². The first-order valence-electron chi connectivity index (χ1n) is 4.67. The maximum atomic E-state index is 10.0. The maximum Gasteiger partial charge on any atom is 0.302 e. The van der Waals surface area contributed by atoms with E-state index in [0.717, 1.165) is 0 Å². The van der Waals surface area contributed by atoms with Gasteiger partial charge in [-0.3, -0.25) is 4.79 Å². The van der Waals surface area contributed by atoms with E-state index in [2.05, 4.69) is 23.3 Å². The molecule has 0 saturated heterocycles. The Kier molecular flexibility index (Phi) is 24.8. The van der Waals surface area contributed by atoms with Crippen molar-refractivity contribution in [3.63, 3.8) is 0 Å². The van der Waals surface area contributed by atoms with Crippen molar-refractivity contribution in [3.8, 4) is 0 Å². The van der Waals surface area contributed by atoms with E-state index in [0.29, 0.717) is 0 Å². The van der Waals surface area contributed by atoms with E-state index in [1.807, 2.05) is 0 Å². The molecule has 0 radical (unpaired) electrons. The van der Waals surface area contributed by atoms with Gasteiger partial charge in [0.2, 0.25) is 0 Å². The van der Waals surface area contributed by atoms with Crippen LogP contribution in [0, 0.1) is 0 Å². The van der Waals surface area contributed by atoms with Crippen LogP contribution >= 0.6 is 0 Å². The van der Waals surface area contributed by atoms with Crippen molar-refractivity contribution < 1.29 is 19.4 Å². The van der Waals surface area contributed by atoms with E-state index in [-0.39, 0.29) is 12.6 Å². The highest BCUT2D eigenvalue weighted by Gasteiger charge is 1.96. The molecule has 0 aliphatic carbocycles. The predicted octanol–water partition coefficient (Wildman–Crippen LogP) is 1.61. The molecule has 0 spiro atoms. The highest BCUT2D eigenvalue weighted by Crippen LogP contribution is 1.81. The van der Waals surface area contributed by atoms with Gasteiger partial charge < -0.3 is 14.6 Å². The number of carbonyl (C=O) groups excluding carboxylic acids is 1. The molecule has 14 heavy (non-hydrogen) atoms. The van der Waals surface area contributed by atoms with Crippen molar-refractivity contribution in [3.05, 3.63) is 0 Å². The summed E-state index contributed by atoms with van der Waals surface area (Å²) in [6.07, 6.45) is 0.693. The molecule has 0 heterocycles. The second-order valence-electron chi connectivity index (χ2n) is 2.77. The fourth-order valence-corrected chi connectivity index (χ4v) is 0.238. The summed E-state index contributed by atoms with van der Waals surface area (Å²) in [5.41, 5.74) is 0. The molecule has 1 unspecified atom stereocenters. The minimum Gasteiger partial charge on any atom is -0.463 e. The van der Waals surface area contributed by atoms with Crippen LogP contribution in [0.4, 0.5) is 0 Å². The fraction of sp³-hybridized carbons (Fsp3) is 0.900. The smallest absolute Gasteiger partial charge is 0.302 e. The molecule has 0 fully saturated rings. The van der Waals surface area contributed by atoms with Crippen LogP contribution in [0.2, 0.25) is 0 Å². The molecule has 0 aliphatic heterocycles. The van der Waals surface area contributed by atoms with E-state index in [1.54, 1.807) is 21.1 Å². The average Bonchev–Trinajstić information content (AvgIpc) is 2.04. The van der Waals surface area contributed by atoms with Gasteiger partial charge in [0.1, 0.15) is 6.61 Å². The zero-order chi connectivity index (χ0) is 12.0. The second kappa shape index (κ2) is 18.2. The Balaban J connectivity index is -0.000000168. The highest BCUT2D eigenvalue weighted by molar-refractivity contribution is 5.65. The third kappa shape index (κ3) is 63.8. The van der Waals surface area contributed by atoms with Gasteiger partial charge in [0, 0.05) is 21.1 Å². The number of esters is 1. The lowest BCUT2D eigenvalue weighted by Gasteiger charge is -2.01. The standard InChI is InChI=1S/C5H10O3.C3H8.C2H6O/c1-4(6)3-8-5(2)7;2*1-3-2/h4,6H,3H2,1-2H3;3H2,1-2H3;1-2H3. The van der Waals surface area contributed by atoms with Gasteiger partial charge in [-0.2, -0.15) is 0 Å². The summed E-state index contributed by atoms with van der Waals surface area (Å²) in [5, 5.41) is 8.52. The number of hydrogen-bond acceptors (Lipinski definition) is 4. The third-order valence-electron chi connectivity index (χ3n) is 0.528. The Hall–Kier alpha value is -0.610. The normalized spacial score (nSPS) is 9.93. The van der Waals surface area contributed by atoms with Crippen molar-refractivity contribution in [2.24, 2.45) is 0 Å². The zero-order valence-corrected chi connectivity index (χ0v) is 10.2. The topological polar surface area (TPSA) is 55.8 Å². The van der Waals surface area contributed by atoms with Gasteiger partial charge in [-0.05, 0) is 6.92 Å². The van der Waals surface area contributed by atoms with Crippen LogP contribution in [-0.4, -0.2) is 38.0 Å². The molecule has 1 atom stereocenters. The largest absolute Gasteiger partial charge is 0.463 e. The van der Waals surface area contributed by atoms with E-state index in [4.69, 9.17) is 5.11 Å². The van der Waals surface area contributed by atoms with Crippen molar-refractivity contribution >= 4 is 5.97 Å². The Morgan fingerprint density at radius 2 is 1.64 bits per heavy atom. The Labute approximate surface area is 87.2 Å². The highest BCUT2D eigenvalue weighted by atomic mass is 16.5. The van der Waals surface area contributed by atoms with Crippen LogP contribution in [0.3, 0.4) is 0 Å². The van der Waals surface area contributed by atoms with Gasteiger partial charge in [0.05, 0.1) is 6.10 Å². The third-order valence-corrected chi connectivity index (χ3v) is 0.528. The SMILES string of the molecule is CC(=O)OCC(C)O.CCC.COC. The number of aliphatic hydroxyl groups excluding tert-OH is 1. The van der Waals surface area contributed by atoms with Crippen molar-refractivity contribution in [2.75, 3.05) is 20.8 Å². The molecule has 88 valence electrons. The lowest BCUT2D eigenvalue weighted by molar-refractivity contribution is -0.143. The molecule has 0 rings (SSSR count). The summed E-state index contributed by atoms with van der Waals surface area (Å²) in [6, 6.07) is 0. The van der Waals surface area contributed by atoms with Crippen molar-refractivity contribution in [2.45, 2.75) is 40.2 Å². The minimum atomic E-state index is -0.557. The lowest BCUT2D eigenvalue weighted by Crippen LogP contribution is -2.12. The van der Waals surface area contributed by atoms with Gasteiger partial charge in [0.25, 0.3) is 0 Å². The lowest BCUT2D eigenvalue weighted by atomic mass is 10.4. The average molecular weight is 208 g/mol. The zero-order valence-electron chi connectivity index (χ0n) is 10.2. The number of ether oxygens (including phenoxy) is 2. The van der Waals surface area contributed by atoms with E-state index < -0.39 is 6.10 Å². The molecule has 4 nitrogen and oxygen atoms in total. The molecule has 0 saturated carbocycles. The molecule has 0 aromatic heterocycles. The summed E-state index contributed by atoms with van der Waals surface area (Å²) in [5.74, 6) is -0.356. The molecule has 1 N–H and O–H groups in total. The van der Waals surface area contributed by atoms with Gasteiger partial charge in [-0.15, -0.1) is 0 Å². The van der Waals surface area contributed by atoms with E-state index in [1.165, 1.54) is 13.3 Å². The van der Waals surface area contributed by atoms with Gasteiger partial charge in [-0.25, -0.2) is 0 Å². The predicted molar refractivity (Wildman–Crippen MR) is 57.2 cm³/mol. The summed E-state index contributed by atoms with van der Waals surface area (Å²) >= 11 is 0. The van der Waals surface area contributed by atoms with Crippen LogP contribution in [0.15, 0.2) is 0 Å². The fourth-order valence-electron chi connectivity index (χ4n) is 0.238. The monoisotopic (exact) mass is 208 g/mol. The van der Waals surface area contributed by atoms with Crippen molar-refractivity contribution in [1.29, 1.82) is 0 Å². The molecular weight excluding hydrogens is 184 g/mol. The number of carbonyl (C=O) groups is 1. The number of aliphatic hydroxyl groups is 1. The Morgan fingerprint density at radius 3 is 1.71 bits per heavy atom. The molecule has 0 bridgehead atoms. The Morgan fingerprint density at radius 1 is 1.36 bits per heavy atom. The first kappa shape index (κ1) is 19.0. The van der Waals surface area contributed by atoms with Crippen LogP contribution in [0.25, 0.3) is 0 Å². The number of hydrogen-bond donors (Lipinski definition) is 1. The van der Waals surface area contributed by atoms with Gasteiger partial charge >= 0.3 is 5.97 Å². The van der Waals surface area contributed by atoms with Crippen molar-refractivity contribution in [1.82, 2.24) is 0 Å². The van der Waals surface area contributed by atoms with Gasteiger partial charge in [-0.1, -0.05) is 20.3 Å². The first-order chi connectivity index (χ1) is 6.45. The summed E-state index contributed by atoms with van der Waals surface area (Å²) < 4.78 is 8.66. The maximum absolute atomic E-state index is 10.0. The molecule has 0 aromatic rings. The number of rotatable bonds is 2. The first-order valence-corrected chi connectivity index (χ1v) is 4.67. The molecule has 4 heteroatoms. The Bertz CT molecular complexity index is 100. The van der Waals surface area contributed by atoms with Crippen LogP contribution in [-0.2, 0) is 14.3 Å². The molecule has 0 aromatic carbocycles.